The largest absolute Gasteiger partial charge is 0.327 e. The molecule has 0 radical (unpaired) electrons. The molecule has 4 heterocycles. The number of nitrogens with zero attached hydrogens (tertiary/aromatic N) is 4. The molecule has 2 atom stereocenters. The lowest BCUT2D eigenvalue weighted by molar-refractivity contribution is -0.146. The summed E-state index contributed by atoms with van der Waals surface area (Å²) in [6, 6.07) is 5.81. The van der Waals surface area contributed by atoms with Crippen molar-refractivity contribution in [1.82, 2.24) is 30.3 Å². The van der Waals surface area contributed by atoms with Crippen molar-refractivity contribution >= 4 is 39.3 Å². The van der Waals surface area contributed by atoms with Gasteiger partial charge >= 0.3 is 11.8 Å². The van der Waals surface area contributed by atoms with Crippen molar-refractivity contribution < 1.29 is 9.59 Å². The molecule has 5 rings (SSSR count). The number of fused-ring (bicyclic) bond motifs is 2. The Morgan fingerprint density at radius 2 is 2.07 bits per heavy atom. The van der Waals surface area contributed by atoms with E-state index in [0.717, 1.165) is 34.7 Å². The lowest BCUT2D eigenvalue weighted by atomic mass is 9.89. The number of pyridine rings is 1. The second-order valence-electron chi connectivity index (χ2n) is 7.83. The molecule has 1 saturated heterocycles. The fourth-order valence-corrected chi connectivity index (χ4v) is 4.15. The van der Waals surface area contributed by atoms with Crippen LogP contribution in [0.25, 0.3) is 21.8 Å². The number of nitrogens with one attached hydrogen (secondary N) is 3. The maximum absolute atomic E-state index is 13.2. The molecular weight excluding hydrogens is 382 g/mol. The lowest BCUT2D eigenvalue weighted by Gasteiger charge is -2.38. The molecule has 2 amide bonds. The van der Waals surface area contributed by atoms with Crippen LogP contribution in [0.4, 0.5) is 5.69 Å². The highest BCUT2D eigenvalue weighted by Gasteiger charge is 2.34. The van der Waals surface area contributed by atoms with Gasteiger partial charge in [0, 0.05) is 29.7 Å². The Morgan fingerprint density at radius 1 is 1.17 bits per heavy atom. The van der Waals surface area contributed by atoms with Gasteiger partial charge in [-0.2, -0.15) is 10.2 Å². The van der Waals surface area contributed by atoms with Gasteiger partial charge in [-0.05, 0) is 30.4 Å². The summed E-state index contributed by atoms with van der Waals surface area (Å²) in [5, 5.41) is 18.4. The minimum Gasteiger partial charge on any atom is -0.327 e. The van der Waals surface area contributed by atoms with E-state index in [9.17, 15) is 9.59 Å². The van der Waals surface area contributed by atoms with Gasteiger partial charge in [0.1, 0.15) is 0 Å². The molecular formula is C21H21N7O2. The first-order valence-corrected chi connectivity index (χ1v) is 9.92. The molecule has 3 N–H and O–H groups in total. The standard InChI is InChI=1S/C21H21N7O2/c1-12-2-5-18(13-3-4-14-8-23-26-16(14)6-13)28(11-12)21(30)20(29)25-17-10-22-7-15-9-24-27-19(15)17/h3-4,6-10,12,18H,2,5,11H2,1H3,(H,23,26)(H,24,27)(H,25,29)/t12-,18+/m0/s1. The van der Waals surface area contributed by atoms with Gasteiger partial charge in [0.25, 0.3) is 0 Å². The Kier molecular flexibility index (Phi) is 4.42. The average molecular weight is 403 g/mol. The fourth-order valence-electron chi connectivity index (χ4n) is 4.15. The molecule has 0 spiro atoms. The van der Waals surface area contributed by atoms with Crippen molar-refractivity contribution in [2.24, 2.45) is 5.92 Å². The summed E-state index contributed by atoms with van der Waals surface area (Å²) in [5.41, 5.74) is 2.90. The van der Waals surface area contributed by atoms with Crippen molar-refractivity contribution in [1.29, 1.82) is 0 Å². The normalized spacial score (nSPS) is 19.3. The number of aromatic nitrogens is 5. The highest BCUT2D eigenvalue weighted by atomic mass is 16.2. The van der Waals surface area contributed by atoms with Crippen LogP contribution in [0.15, 0.2) is 43.0 Å². The Balaban J connectivity index is 1.42. The summed E-state index contributed by atoms with van der Waals surface area (Å²) in [4.78, 5) is 31.8. The molecule has 0 saturated carbocycles. The Bertz CT molecular complexity index is 1240. The molecule has 0 unspecified atom stereocenters. The molecule has 152 valence electrons. The molecule has 1 aliphatic heterocycles. The zero-order valence-electron chi connectivity index (χ0n) is 16.4. The lowest BCUT2D eigenvalue weighted by Crippen LogP contribution is -2.46. The van der Waals surface area contributed by atoms with Gasteiger partial charge < -0.3 is 10.2 Å². The van der Waals surface area contributed by atoms with E-state index in [1.807, 2.05) is 24.4 Å². The molecule has 3 aromatic heterocycles. The first-order valence-electron chi connectivity index (χ1n) is 9.92. The van der Waals surface area contributed by atoms with Crippen molar-refractivity contribution in [2.75, 3.05) is 11.9 Å². The predicted octanol–water partition coefficient (Wildman–Crippen LogP) is 2.77. The minimum atomic E-state index is -0.682. The number of H-pyrrole nitrogens is 2. The molecule has 1 aromatic carbocycles. The van der Waals surface area contributed by atoms with Crippen LogP contribution in [-0.4, -0.2) is 48.6 Å². The summed E-state index contributed by atoms with van der Waals surface area (Å²) in [6.07, 6.45) is 8.40. The number of carbonyl (C=O) groups is 2. The van der Waals surface area contributed by atoms with Crippen molar-refractivity contribution in [3.63, 3.8) is 0 Å². The number of hydrogen-bond acceptors (Lipinski definition) is 5. The Hall–Kier alpha value is -3.75. The number of piperidine rings is 1. The first kappa shape index (κ1) is 18.3. The van der Waals surface area contributed by atoms with Gasteiger partial charge in [0.2, 0.25) is 0 Å². The molecule has 1 aliphatic rings. The summed E-state index contributed by atoms with van der Waals surface area (Å²) >= 11 is 0. The van der Waals surface area contributed by atoms with E-state index < -0.39 is 11.8 Å². The number of hydrogen-bond donors (Lipinski definition) is 3. The van der Waals surface area contributed by atoms with Gasteiger partial charge in [-0.1, -0.05) is 19.1 Å². The summed E-state index contributed by atoms with van der Waals surface area (Å²) in [7, 11) is 0. The highest BCUT2D eigenvalue weighted by molar-refractivity contribution is 6.40. The van der Waals surface area contributed by atoms with Crippen LogP contribution in [0, 0.1) is 5.92 Å². The number of carbonyl (C=O) groups excluding carboxylic acids is 2. The third kappa shape index (κ3) is 3.18. The van der Waals surface area contributed by atoms with E-state index in [2.05, 4.69) is 37.6 Å². The van der Waals surface area contributed by atoms with Crippen LogP contribution in [-0.2, 0) is 9.59 Å². The average Bonchev–Trinajstić information content (AvgIpc) is 3.42. The van der Waals surface area contributed by atoms with E-state index in [1.54, 1.807) is 17.3 Å². The Morgan fingerprint density at radius 3 is 2.97 bits per heavy atom. The van der Waals surface area contributed by atoms with E-state index in [1.165, 1.54) is 6.20 Å². The number of likely N-dealkylation sites (tertiary alicyclic amines) is 1. The molecule has 4 aromatic rings. The third-order valence-electron chi connectivity index (χ3n) is 5.72. The maximum Gasteiger partial charge on any atom is 0.314 e. The van der Waals surface area contributed by atoms with E-state index in [4.69, 9.17) is 0 Å². The van der Waals surface area contributed by atoms with Gasteiger partial charge in [-0.15, -0.1) is 0 Å². The number of amides is 2. The predicted molar refractivity (Wildman–Crippen MR) is 111 cm³/mol. The number of rotatable bonds is 2. The fraction of sp³-hybridized carbons (Fsp3) is 0.286. The topological polar surface area (TPSA) is 120 Å². The van der Waals surface area contributed by atoms with Gasteiger partial charge in [0.15, 0.2) is 0 Å². The maximum atomic E-state index is 13.2. The first-order chi connectivity index (χ1) is 14.6. The van der Waals surface area contributed by atoms with Gasteiger partial charge in [-0.25, -0.2) is 0 Å². The number of benzene rings is 1. The zero-order valence-corrected chi connectivity index (χ0v) is 16.4. The highest BCUT2D eigenvalue weighted by Crippen LogP contribution is 2.34. The second-order valence-corrected chi connectivity index (χ2v) is 7.83. The molecule has 30 heavy (non-hydrogen) atoms. The third-order valence-corrected chi connectivity index (χ3v) is 5.72. The Labute approximate surface area is 171 Å². The summed E-state index contributed by atoms with van der Waals surface area (Å²) in [5.74, 6) is -0.908. The van der Waals surface area contributed by atoms with Crippen LogP contribution < -0.4 is 5.32 Å². The minimum absolute atomic E-state index is 0.165. The molecule has 9 nitrogen and oxygen atoms in total. The molecule has 0 bridgehead atoms. The van der Waals surface area contributed by atoms with Crippen LogP contribution >= 0.6 is 0 Å². The van der Waals surface area contributed by atoms with Gasteiger partial charge in [-0.3, -0.25) is 24.8 Å². The second kappa shape index (κ2) is 7.25. The van der Waals surface area contributed by atoms with Gasteiger partial charge in [0.05, 0.1) is 35.2 Å². The molecule has 9 heteroatoms. The monoisotopic (exact) mass is 403 g/mol. The summed E-state index contributed by atoms with van der Waals surface area (Å²) in [6.45, 7) is 2.63. The SMILES string of the molecule is C[C@H]1CC[C@H](c2ccc3c[nH]nc3c2)N(C(=O)C(=O)Nc2cncc3cn[nH]c23)C1. The quantitative estimate of drug-likeness (QED) is 0.445. The molecule has 1 fully saturated rings. The van der Waals surface area contributed by atoms with E-state index >= 15 is 0 Å². The zero-order chi connectivity index (χ0) is 20.7. The summed E-state index contributed by atoms with van der Waals surface area (Å²) < 4.78 is 0. The number of anilines is 1. The van der Waals surface area contributed by atoms with Crippen molar-refractivity contribution in [3.8, 4) is 0 Å². The smallest absolute Gasteiger partial charge is 0.314 e. The van der Waals surface area contributed by atoms with Crippen LogP contribution in [0.2, 0.25) is 0 Å². The number of aromatic amines is 2. The van der Waals surface area contributed by atoms with E-state index in [-0.39, 0.29) is 6.04 Å². The van der Waals surface area contributed by atoms with Crippen molar-refractivity contribution in [2.45, 2.75) is 25.8 Å². The van der Waals surface area contributed by atoms with Crippen LogP contribution in [0.3, 0.4) is 0 Å². The molecule has 0 aliphatic carbocycles. The van der Waals surface area contributed by atoms with Crippen LogP contribution in [0.5, 0.6) is 0 Å². The van der Waals surface area contributed by atoms with Crippen LogP contribution in [0.1, 0.15) is 31.4 Å². The van der Waals surface area contributed by atoms with Crippen molar-refractivity contribution in [3.05, 3.63) is 48.5 Å². The van der Waals surface area contributed by atoms with E-state index in [0.29, 0.717) is 23.7 Å².